The molecule has 0 aliphatic carbocycles. The molecule has 2 aromatic carbocycles. The van der Waals surface area contributed by atoms with Crippen molar-refractivity contribution < 1.29 is 66.9 Å². The molecule has 60 heavy (non-hydrogen) atoms. The van der Waals surface area contributed by atoms with E-state index in [4.69, 9.17) is 42.6 Å². The summed E-state index contributed by atoms with van der Waals surface area (Å²) in [6, 6.07) is 17.6. The molecule has 4 fully saturated rings. The average molecular weight is 840 g/mol. The van der Waals surface area contributed by atoms with Gasteiger partial charge in [-0.1, -0.05) is 88.4 Å². The van der Waals surface area contributed by atoms with Crippen LogP contribution in [0.3, 0.4) is 0 Å². The van der Waals surface area contributed by atoms with Crippen molar-refractivity contribution >= 4 is 24.4 Å². The molecule has 15 nitrogen and oxygen atoms in total. The number of hydrogen-bond acceptors (Lipinski definition) is 14. The minimum Gasteiger partial charge on any atom is -0.457 e. The fourth-order valence-corrected chi connectivity index (χ4v) is 9.62. The van der Waals surface area contributed by atoms with Gasteiger partial charge in [-0.05, 0) is 64.0 Å². The van der Waals surface area contributed by atoms with Crippen molar-refractivity contribution in [3.05, 3.63) is 71.8 Å². The Morgan fingerprint density at radius 2 is 1.50 bits per heavy atom. The van der Waals surface area contributed by atoms with Crippen molar-refractivity contribution in [2.24, 2.45) is 23.7 Å². The minimum atomic E-state index is -1.34. The summed E-state index contributed by atoms with van der Waals surface area (Å²) in [7, 11) is 1.56. The number of likely N-dealkylation sites (N-methyl/N-ethyl adjacent to an activating group) is 1. The lowest BCUT2D eigenvalue weighted by atomic mass is 9.76. The maximum absolute atomic E-state index is 14.0. The lowest BCUT2D eigenvalue weighted by Gasteiger charge is -2.47. The van der Waals surface area contributed by atoms with Gasteiger partial charge in [0, 0.05) is 18.9 Å². The molecular formula is C45H61NO14. The number of hydrogen-bond donors (Lipinski definition) is 1. The second-order valence-corrected chi connectivity index (χ2v) is 17.4. The number of carbonyl (C=O) groups is 4. The number of cyclic esters (lactones) is 3. The summed E-state index contributed by atoms with van der Waals surface area (Å²) < 4.78 is 55.2. The lowest BCUT2D eigenvalue weighted by Crippen LogP contribution is -2.61. The first kappa shape index (κ1) is 45.1. The summed E-state index contributed by atoms with van der Waals surface area (Å²) in [5.74, 6) is -3.20. The molecule has 4 aliphatic rings. The van der Waals surface area contributed by atoms with Crippen molar-refractivity contribution in [1.82, 2.24) is 4.90 Å². The van der Waals surface area contributed by atoms with E-state index in [2.05, 4.69) is 0 Å². The third-order valence-electron chi connectivity index (χ3n) is 12.8. The largest absolute Gasteiger partial charge is 0.509 e. The molecule has 0 aromatic heterocycles. The van der Waals surface area contributed by atoms with Crippen LogP contribution >= 0.6 is 0 Å². The van der Waals surface area contributed by atoms with Gasteiger partial charge in [-0.15, -0.1) is 0 Å². The molecule has 2 bridgehead atoms. The molecule has 6 unspecified atom stereocenters. The Balaban J connectivity index is 1.32. The van der Waals surface area contributed by atoms with Crippen LogP contribution in [0.15, 0.2) is 60.7 Å². The summed E-state index contributed by atoms with van der Waals surface area (Å²) in [4.78, 5) is 55.1. The number of fused-ring (bicyclic) bond motifs is 2. The summed E-state index contributed by atoms with van der Waals surface area (Å²) in [6.07, 6.45) is -8.97. The number of esters is 1. The van der Waals surface area contributed by atoms with E-state index < -0.39 is 108 Å². The van der Waals surface area contributed by atoms with E-state index in [0.29, 0.717) is 12.8 Å². The molecular weight excluding hydrogens is 778 g/mol. The van der Waals surface area contributed by atoms with Gasteiger partial charge in [0.2, 0.25) is 0 Å². The third-order valence-corrected chi connectivity index (χ3v) is 12.8. The summed E-state index contributed by atoms with van der Waals surface area (Å²) >= 11 is 0. The van der Waals surface area contributed by atoms with Crippen molar-refractivity contribution in [3.63, 3.8) is 0 Å². The van der Waals surface area contributed by atoms with Gasteiger partial charge in [-0.2, -0.15) is 0 Å². The highest BCUT2D eigenvalue weighted by Gasteiger charge is 2.61. The number of aliphatic hydroxyl groups is 1. The molecule has 0 saturated carbocycles. The Labute approximate surface area is 352 Å². The van der Waals surface area contributed by atoms with E-state index in [9.17, 15) is 24.3 Å². The van der Waals surface area contributed by atoms with E-state index in [1.165, 1.54) is 4.90 Å². The fourth-order valence-electron chi connectivity index (χ4n) is 9.62. The van der Waals surface area contributed by atoms with Crippen LogP contribution in [0.4, 0.5) is 14.4 Å². The Morgan fingerprint density at radius 1 is 0.883 bits per heavy atom. The Bertz CT molecular complexity index is 1800. The SMILES string of the molecule is CC[C@H]1OC(=O)O[C@@]1(C)[C@@H]1OC(=O)[C@H](C)[C@H](O)[C@H](C)[C@@H](OC2OC(C)CC(N(C)C(=O)OCc3ccccc3)C2OC(=O)OCc2ccccc2)[C@]2(C)CC(C)C(O2)[C@@H]1C. The van der Waals surface area contributed by atoms with Crippen LogP contribution in [0.5, 0.6) is 0 Å². The molecule has 1 N–H and O–H groups in total. The lowest BCUT2D eigenvalue weighted by molar-refractivity contribution is -0.301. The zero-order chi connectivity index (χ0) is 43.5. The number of nitrogens with zero attached hydrogens (tertiary/aromatic N) is 1. The molecule has 0 radical (unpaired) electrons. The number of rotatable bonds is 10. The molecule has 4 aliphatic heterocycles. The quantitative estimate of drug-likeness (QED) is 0.192. The third kappa shape index (κ3) is 9.54. The zero-order valence-corrected chi connectivity index (χ0v) is 36.0. The predicted octanol–water partition coefficient (Wildman–Crippen LogP) is 6.95. The van der Waals surface area contributed by atoms with Crippen LogP contribution in [0.2, 0.25) is 0 Å². The molecule has 15 heteroatoms. The standard InChI is InChI=1S/C45H61NO14/c1-10-33-45(8,60-43(51)55-33)38-29(6)35-25(2)22-44(7,59-35)37(27(4)34(47)28(5)39(48)57-38)58-40-36(56-42(50)53-24-31-19-15-12-16-20-31)32(21-26(3)54-40)46(9)41(49)52-23-30-17-13-11-14-18-30/h11-20,25-29,32-38,40,47H,10,21-24H2,1-9H3/t25?,26?,27-,28+,29-,32?,33+,34+,35?,36?,37+,38+,40?,44-,45+/m0/s1. The first-order valence-corrected chi connectivity index (χ1v) is 21.0. The molecule has 0 spiro atoms. The van der Waals surface area contributed by atoms with Gasteiger partial charge in [-0.3, -0.25) is 4.79 Å². The smallest absolute Gasteiger partial charge is 0.457 e. The normalized spacial score (nSPS) is 38.1. The van der Waals surface area contributed by atoms with Crippen LogP contribution in [0.25, 0.3) is 0 Å². The second kappa shape index (κ2) is 18.7. The molecule has 4 saturated heterocycles. The van der Waals surface area contributed by atoms with Crippen LogP contribution in [0, 0.1) is 23.7 Å². The monoisotopic (exact) mass is 839 g/mol. The fraction of sp³-hybridized carbons (Fsp3) is 0.644. The van der Waals surface area contributed by atoms with E-state index in [-0.39, 0.29) is 25.6 Å². The van der Waals surface area contributed by atoms with Crippen LogP contribution in [-0.2, 0) is 60.6 Å². The highest BCUT2D eigenvalue weighted by Crippen LogP contribution is 2.49. The number of ether oxygens (including phenoxy) is 9. The van der Waals surface area contributed by atoms with E-state index in [0.717, 1.165) is 11.1 Å². The van der Waals surface area contributed by atoms with Gasteiger partial charge in [0.05, 0.1) is 42.0 Å². The van der Waals surface area contributed by atoms with Crippen molar-refractivity contribution in [3.8, 4) is 0 Å². The predicted molar refractivity (Wildman–Crippen MR) is 214 cm³/mol. The van der Waals surface area contributed by atoms with Gasteiger partial charge in [0.1, 0.15) is 25.4 Å². The number of benzene rings is 2. The number of carbonyl (C=O) groups excluding carboxylic acids is 4. The molecule has 330 valence electrons. The van der Waals surface area contributed by atoms with Gasteiger partial charge < -0.3 is 52.6 Å². The first-order chi connectivity index (χ1) is 28.4. The number of amides is 1. The molecule has 2 aromatic rings. The maximum atomic E-state index is 14.0. The molecule has 15 atom stereocenters. The summed E-state index contributed by atoms with van der Waals surface area (Å²) in [6.45, 7) is 14.5. The van der Waals surface area contributed by atoms with Crippen molar-refractivity contribution in [2.75, 3.05) is 7.05 Å². The first-order valence-electron chi connectivity index (χ1n) is 21.0. The molecule has 4 heterocycles. The summed E-state index contributed by atoms with van der Waals surface area (Å²) in [5.41, 5.74) is -0.905. The van der Waals surface area contributed by atoms with Gasteiger partial charge >= 0.3 is 24.4 Å². The van der Waals surface area contributed by atoms with E-state index in [1.54, 1.807) is 27.8 Å². The van der Waals surface area contributed by atoms with E-state index >= 15 is 0 Å². The highest BCUT2D eigenvalue weighted by molar-refractivity contribution is 5.73. The van der Waals surface area contributed by atoms with Gasteiger partial charge in [0.25, 0.3) is 0 Å². The van der Waals surface area contributed by atoms with Gasteiger partial charge in [-0.25, -0.2) is 14.4 Å². The van der Waals surface area contributed by atoms with Crippen molar-refractivity contribution in [1.29, 1.82) is 0 Å². The molecule has 6 rings (SSSR count). The topological polar surface area (TPSA) is 175 Å². The maximum Gasteiger partial charge on any atom is 0.509 e. The summed E-state index contributed by atoms with van der Waals surface area (Å²) in [5, 5.41) is 12.0. The zero-order valence-electron chi connectivity index (χ0n) is 36.0. The van der Waals surface area contributed by atoms with E-state index in [1.807, 2.05) is 95.3 Å². The van der Waals surface area contributed by atoms with Crippen LogP contribution < -0.4 is 0 Å². The van der Waals surface area contributed by atoms with Crippen molar-refractivity contribution in [2.45, 2.75) is 154 Å². The minimum absolute atomic E-state index is 0.0213. The Morgan fingerprint density at radius 3 is 2.12 bits per heavy atom. The van der Waals surface area contributed by atoms with Gasteiger partial charge in [0.15, 0.2) is 18.0 Å². The molecule has 1 amide bonds. The second-order valence-electron chi connectivity index (χ2n) is 17.4. The number of aliphatic hydroxyl groups excluding tert-OH is 1. The van der Waals surface area contributed by atoms with Crippen LogP contribution in [0.1, 0.15) is 85.8 Å². The Hall–Kier alpha value is -4.44. The average Bonchev–Trinajstić information content (AvgIpc) is 3.72. The highest BCUT2D eigenvalue weighted by atomic mass is 16.8. The van der Waals surface area contributed by atoms with Crippen LogP contribution in [-0.4, -0.2) is 108 Å². The Kier molecular flexibility index (Phi) is 14.0.